The Morgan fingerprint density at radius 2 is 1.53 bits per heavy atom. The molecule has 0 fully saturated rings. The van der Waals surface area contributed by atoms with Gasteiger partial charge in [-0.2, -0.15) is 0 Å². The minimum atomic E-state index is 0.942. The van der Waals surface area contributed by atoms with Gasteiger partial charge in [-0.05, 0) is 11.1 Å². The fourth-order valence-corrected chi connectivity index (χ4v) is 3.83. The van der Waals surface area contributed by atoms with E-state index in [1.165, 1.54) is 15.6 Å². The molecular formula is C12H11BrS2. The van der Waals surface area contributed by atoms with Crippen LogP contribution < -0.4 is 0 Å². The van der Waals surface area contributed by atoms with E-state index in [9.17, 15) is 0 Å². The highest BCUT2D eigenvalue weighted by Crippen LogP contribution is 2.28. The summed E-state index contributed by atoms with van der Waals surface area (Å²) in [5.74, 6) is 10.4. The van der Waals surface area contributed by atoms with Gasteiger partial charge < -0.3 is 0 Å². The first-order chi connectivity index (χ1) is 7.38. The quantitative estimate of drug-likeness (QED) is 0.666. The molecular weight excluding hydrogens is 288 g/mol. The highest BCUT2D eigenvalue weighted by molar-refractivity contribution is 9.10. The summed E-state index contributed by atoms with van der Waals surface area (Å²) in [5.41, 5.74) is 2.78. The van der Waals surface area contributed by atoms with E-state index in [0.717, 1.165) is 23.0 Å². The highest BCUT2D eigenvalue weighted by atomic mass is 79.9. The number of hydrogen-bond acceptors (Lipinski definition) is 2. The number of benzene rings is 1. The van der Waals surface area contributed by atoms with Gasteiger partial charge in [0.1, 0.15) is 0 Å². The second-order valence-corrected chi connectivity index (χ2v) is 5.99. The van der Waals surface area contributed by atoms with Crippen molar-refractivity contribution in [3.63, 3.8) is 0 Å². The fraction of sp³-hybridized carbons (Fsp3) is 0.333. The van der Waals surface area contributed by atoms with Gasteiger partial charge in [0.15, 0.2) is 0 Å². The van der Waals surface area contributed by atoms with Crippen molar-refractivity contribution in [1.82, 2.24) is 0 Å². The van der Waals surface area contributed by atoms with E-state index < -0.39 is 0 Å². The maximum Gasteiger partial charge on any atom is 0.0551 e. The summed E-state index contributed by atoms with van der Waals surface area (Å²) in [7, 11) is 0. The molecule has 0 spiro atoms. The summed E-state index contributed by atoms with van der Waals surface area (Å²) in [6.45, 7) is 0. The Balaban J connectivity index is 2.25. The topological polar surface area (TPSA) is 0 Å². The number of halogens is 1. The van der Waals surface area contributed by atoms with Gasteiger partial charge in [0.05, 0.1) is 11.5 Å². The Hall–Kier alpha value is -0.0400. The second-order valence-electron chi connectivity index (χ2n) is 3.23. The first-order valence-electron chi connectivity index (χ1n) is 4.75. The smallest absolute Gasteiger partial charge is 0.0551 e. The molecule has 0 amide bonds. The van der Waals surface area contributed by atoms with E-state index in [4.69, 9.17) is 0 Å². The van der Waals surface area contributed by atoms with Crippen LogP contribution in [0.15, 0.2) is 22.7 Å². The molecule has 1 aliphatic rings. The standard InChI is InChI=1S/C12H11BrS2/c13-12-10-4-3-5-11(12)9-15-7-2-1-6-14-8-10/h3-5H,6-9H2. The van der Waals surface area contributed by atoms with Crippen LogP contribution in [-0.4, -0.2) is 11.5 Å². The Kier molecular flexibility index (Phi) is 4.49. The Bertz CT molecular complexity index is 372. The van der Waals surface area contributed by atoms with Gasteiger partial charge in [-0.3, -0.25) is 0 Å². The zero-order valence-corrected chi connectivity index (χ0v) is 11.5. The molecule has 2 bridgehead atoms. The molecule has 0 aromatic heterocycles. The van der Waals surface area contributed by atoms with E-state index in [1.54, 1.807) is 0 Å². The third kappa shape index (κ3) is 3.21. The lowest BCUT2D eigenvalue weighted by Gasteiger charge is -2.08. The molecule has 1 aliphatic heterocycles. The van der Waals surface area contributed by atoms with Crippen molar-refractivity contribution in [1.29, 1.82) is 0 Å². The molecule has 78 valence electrons. The van der Waals surface area contributed by atoms with Crippen LogP contribution in [0, 0.1) is 11.8 Å². The van der Waals surface area contributed by atoms with Crippen LogP contribution in [0.5, 0.6) is 0 Å². The van der Waals surface area contributed by atoms with Crippen molar-refractivity contribution < 1.29 is 0 Å². The van der Waals surface area contributed by atoms with Gasteiger partial charge in [0.25, 0.3) is 0 Å². The molecule has 0 saturated heterocycles. The van der Waals surface area contributed by atoms with Gasteiger partial charge in [0, 0.05) is 16.0 Å². The number of hydrogen-bond donors (Lipinski definition) is 0. The maximum absolute atomic E-state index is 3.69. The van der Waals surface area contributed by atoms with Crippen molar-refractivity contribution in [3.8, 4) is 11.8 Å². The monoisotopic (exact) mass is 298 g/mol. The number of thioether (sulfide) groups is 2. The third-order valence-electron chi connectivity index (χ3n) is 2.15. The predicted molar refractivity (Wildman–Crippen MR) is 74.2 cm³/mol. The van der Waals surface area contributed by atoms with Gasteiger partial charge in [-0.25, -0.2) is 0 Å². The largest absolute Gasteiger partial charge is 0.144 e. The van der Waals surface area contributed by atoms with Crippen LogP contribution in [-0.2, 0) is 11.5 Å². The van der Waals surface area contributed by atoms with Crippen molar-refractivity contribution in [2.45, 2.75) is 11.5 Å². The average molecular weight is 299 g/mol. The van der Waals surface area contributed by atoms with Crippen molar-refractivity contribution in [2.75, 3.05) is 11.5 Å². The molecule has 0 atom stereocenters. The summed E-state index contributed by atoms with van der Waals surface area (Å²) in [4.78, 5) is 0. The number of fused-ring (bicyclic) bond motifs is 2. The normalized spacial score (nSPS) is 16.1. The lowest BCUT2D eigenvalue weighted by Crippen LogP contribution is -1.89. The molecule has 1 heterocycles. The van der Waals surface area contributed by atoms with Gasteiger partial charge in [0.2, 0.25) is 0 Å². The second kappa shape index (κ2) is 5.89. The first-order valence-corrected chi connectivity index (χ1v) is 7.85. The average Bonchev–Trinajstić information content (AvgIpc) is 2.28. The van der Waals surface area contributed by atoms with Crippen molar-refractivity contribution in [2.24, 2.45) is 0 Å². The molecule has 1 aromatic rings. The Labute approximate surface area is 108 Å². The zero-order valence-electron chi connectivity index (χ0n) is 8.25. The zero-order chi connectivity index (χ0) is 10.5. The van der Waals surface area contributed by atoms with Crippen molar-refractivity contribution >= 4 is 39.5 Å². The molecule has 0 saturated carbocycles. The maximum atomic E-state index is 3.69. The summed E-state index contributed by atoms with van der Waals surface area (Å²) in [6, 6.07) is 6.53. The van der Waals surface area contributed by atoms with Crippen LogP contribution in [0.1, 0.15) is 11.1 Å². The molecule has 0 unspecified atom stereocenters. The number of rotatable bonds is 0. The Morgan fingerprint density at radius 3 is 2.07 bits per heavy atom. The SMILES string of the molecule is Brc1c2cccc1CSCC#CCSC2. The molecule has 1 aromatic carbocycles. The van der Waals surface area contributed by atoms with Crippen LogP contribution in [0.3, 0.4) is 0 Å². The summed E-state index contributed by atoms with van der Waals surface area (Å²) >= 11 is 7.46. The molecule has 0 aliphatic carbocycles. The molecule has 0 nitrogen and oxygen atoms in total. The van der Waals surface area contributed by atoms with E-state index in [-0.39, 0.29) is 0 Å². The summed E-state index contributed by atoms with van der Waals surface area (Å²) < 4.78 is 1.28. The van der Waals surface area contributed by atoms with Crippen LogP contribution in [0.4, 0.5) is 0 Å². The van der Waals surface area contributed by atoms with Crippen LogP contribution >= 0.6 is 39.5 Å². The van der Waals surface area contributed by atoms with Crippen LogP contribution in [0.2, 0.25) is 0 Å². The predicted octanol–water partition coefficient (Wildman–Crippen LogP) is 3.93. The minimum Gasteiger partial charge on any atom is -0.144 e. The summed E-state index contributed by atoms with van der Waals surface area (Å²) in [6.07, 6.45) is 0. The van der Waals surface area contributed by atoms with E-state index >= 15 is 0 Å². The van der Waals surface area contributed by atoms with Gasteiger partial charge >= 0.3 is 0 Å². The van der Waals surface area contributed by atoms with Crippen LogP contribution in [0.25, 0.3) is 0 Å². The lowest BCUT2D eigenvalue weighted by molar-refractivity contribution is 1.29. The highest BCUT2D eigenvalue weighted by Gasteiger charge is 2.05. The lowest BCUT2D eigenvalue weighted by atomic mass is 10.2. The Morgan fingerprint density at radius 1 is 1.00 bits per heavy atom. The molecule has 2 rings (SSSR count). The first kappa shape index (κ1) is 11.4. The molecule has 0 N–H and O–H groups in total. The molecule has 15 heavy (non-hydrogen) atoms. The fourth-order valence-electron chi connectivity index (χ4n) is 1.38. The van der Waals surface area contributed by atoms with E-state index in [2.05, 4.69) is 46.0 Å². The molecule has 3 heteroatoms. The van der Waals surface area contributed by atoms with Gasteiger partial charge in [-0.1, -0.05) is 46.0 Å². The van der Waals surface area contributed by atoms with Crippen molar-refractivity contribution in [3.05, 3.63) is 33.8 Å². The third-order valence-corrected chi connectivity index (χ3v) is 4.89. The molecule has 0 radical (unpaired) electrons. The minimum absolute atomic E-state index is 0.942. The summed E-state index contributed by atoms with van der Waals surface area (Å²) in [5, 5.41) is 0. The van der Waals surface area contributed by atoms with Gasteiger partial charge in [-0.15, -0.1) is 23.5 Å². The van der Waals surface area contributed by atoms with E-state index in [0.29, 0.717) is 0 Å². The van der Waals surface area contributed by atoms with E-state index in [1.807, 2.05) is 23.5 Å².